The van der Waals surface area contributed by atoms with E-state index < -0.39 is 21.7 Å². The Morgan fingerprint density at radius 3 is 2.31 bits per heavy atom. The highest BCUT2D eigenvalue weighted by Gasteiger charge is 2.24. The lowest BCUT2D eigenvalue weighted by Crippen LogP contribution is -2.32. The minimum atomic E-state index is -4.13. The second-order valence-electron chi connectivity index (χ2n) is 6.80. The molecule has 156 valence electrons. The van der Waals surface area contributed by atoms with Gasteiger partial charge in [0.15, 0.2) is 11.6 Å². The third-order valence-corrected chi connectivity index (χ3v) is 6.16. The van der Waals surface area contributed by atoms with E-state index in [9.17, 15) is 22.0 Å². The number of anilines is 1. The molecule has 29 heavy (non-hydrogen) atoms. The van der Waals surface area contributed by atoms with Gasteiger partial charge in [-0.15, -0.1) is 0 Å². The Hall–Kier alpha value is -2.68. The van der Waals surface area contributed by atoms with Crippen molar-refractivity contribution in [2.24, 2.45) is 0 Å². The van der Waals surface area contributed by atoms with Gasteiger partial charge in [-0.3, -0.25) is 9.52 Å². The van der Waals surface area contributed by atoms with Gasteiger partial charge in [-0.1, -0.05) is 12.8 Å². The molecule has 0 radical (unpaired) electrons. The number of ether oxygens (including phenoxy) is 1. The lowest BCUT2D eigenvalue weighted by atomic mass is 10.1. The molecule has 0 spiro atoms. The van der Waals surface area contributed by atoms with Crippen LogP contribution in [0.15, 0.2) is 41.3 Å². The van der Waals surface area contributed by atoms with Crippen molar-refractivity contribution in [3.63, 3.8) is 0 Å². The van der Waals surface area contributed by atoms with Crippen LogP contribution in [0.25, 0.3) is 0 Å². The van der Waals surface area contributed by atoms with Gasteiger partial charge in [0.25, 0.3) is 15.9 Å². The van der Waals surface area contributed by atoms with Crippen LogP contribution in [0.1, 0.15) is 36.0 Å². The minimum absolute atomic E-state index is 0.125. The summed E-state index contributed by atoms with van der Waals surface area (Å²) in [6.45, 7) is 1.21. The average molecular weight is 424 g/mol. The fraction of sp³-hybridized carbons (Fsp3) is 0.350. The van der Waals surface area contributed by atoms with Gasteiger partial charge in [0.1, 0.15) is 5.75 Å². The number of carbonyl (C=O) groups excluding carboxylic acids is 1. The third kappa shape index (κ3) is 4.84. The molecule has 0 unspecified atom stereocenters. The number of nitrogens with one attached hydrogen (secondary N) is 1. The van der Waals surface area contributed by atoms with E-state index in [2.05, 4.69) is 4.72 Å². The highest BCUT2D eigenvalue weighted by Crippen LogP contribution is 2.26. The second-order valence-corrected chi connectivity index (χ2v) is 8.49. The molecular weight excluding hydrogens is 402 g/mol. The molecule has 2 aromatic rings. The highest BCUT2D eigenvalue weighted by molar-refractivity contribution is 7.92. The first-order chi connectivity index (χ1) is 13.8. The molecule has 1 saturated heterocycles. The van der Waals surface area contributed by atoms with E-state index in [1.54, 1.807) is 4.90 Å². The number of halogens is 2. The smallest absolute Gasteiger partial charge is 0.261 e. The summed E-state index contributed by atoms with van der Waals surface area (Å²) in [6, 6.07) is 6.64. The van der Waals surface area contributed by atoms with Crippen LogP contribution in [0.3, 0.4) is 0 Å². The number of rotatable bonds is 5. The molecule has 1 amide bonds. The Bertz CT molecular complexity index is 1000. The molecule has 1 aliphatic heterocycles. The molecule has 0 saturated carbocycles. The van der Waals surface area contributed by atoms with Crippen molar-refractivity contribution < 1.29 is 26.7 Å². The Balaban J connectivity index is 1.92. The zero-order valence-electron chi connectivity index (χ0n) is 16.0. The molecular formula is C20H22F2N2O4S. The number of amides is 1. The molecule has 1 heterocycles. The van der Waals surface area contributed by atoms with Crippen molar-refractivity contribution in [1.29, 1.82) is 0 Å². The van der Waals surface area contributed by atoms with Crippen molar-refractivity contribution in [2.75, 3.05) is 24.9 Å². The van der Waals surface area contributed by atoms with Gasteiger partial charge in [-0.25, -0.2) is 17.2 Å². The van der Waals surface area contributed by atoms with Gasteiger partial charge in [-0.2, -0.15) is 0 Å². The first kappa shape index (κ1) is 21.0. The quantitative estimate of drug-likeness (QED) is 0.792. The van der Waals surface area contributed by atoms with E-state index in [4.69, 9.17) is 4.74 Å². The third-order valence-electron chi connectivity index (χ3n) is 4.78. The van der Waals surface area contributed by atoms with Gasteiger partial charge in [0.05, 0.1) is 23.3 Å². The fourth-order valence-corrected chi connectivity index (χ4v) is 4.31. The average Bonchev–Trinajstić information content (AvgIpc) is 2.99. The van der Waals surface area contributed by atoms with Crippen LogP contribution < -0.4 is 9.46 Å². The maximum absolute atomic E-state index is 13.4. The molecule has 0 bridgehead atoms. The van der Waals surface area contributed by atoms with Crippen LogP contribution in [0.2, 0.25) is 0 Å². The van der Waals surface area contributed by atoms with E-state index in [0.29, 0.717) is 13.1 Å². The van der Waals surface area contributed by atoms with Gasteiger partial charge < -0.3 is 9.64 Å². The number of nitrogens with zero attached hydrogens (tertiary/aromatic N) is 1. The standard InChI is InChI=1S/C20H22F2N2O4S/c1-28-19-9-7-15(13-16(19)20(25)24-10-4-2-3-5-11-24)29(26,27)23-14-6-8-17(21)18(22)12-14/h6-9,12-13,23H,2-5,10-11H2,1H3. The number of methoxy groups -OCH3 is 1. The highest BCUT2D eigenvalue weighted by atomic mass is 32.2. The van der Waals surface area contributed by atoms with Crippen LogP contribution in [0.4, 0.5) is 14.5 Å². The van der Waals surface area contributed by atoms with Gasteiger partial charge in [0.2, 0.25) is 0 Å². The molecule has 3 rings (SSSR count). The molecule has 6 nitrogen and oxygen atoms in total. The van der Waals surface area contributed by atoms with Crippen LogP contribution in [0.5, 0.6) is 5.75 Å². The topological polar surface area (TPSA) is 75.7 Å². The van der Waals surface area contributed by atoms with Crippen LogP contribution in [-0.4, -0.2) is 39.4 Å². The molecule has 9 heteroatoms. The number of hydrogen-bond acceptors (Lipinski definition) is 4. The maximum Gasteiger partial charge on any atom is 0.261 e. The van der Waals surface area contributed by atoms with E-state index in [1.807, 2.05) is 0 Å². The molecule has 2 aromatic carbocycles. The van der Waals surface area contributed by atoms with Crippen molar-refractivity contribution in [3.05, 3.63) is 53.6 Å². The van der Waals surface area contributed by atoms with Crippen LogP contribution >= 0.6 is 0 Å². The first-order valence-electron chi connectivity index (χ1n) is 9.27. The summed E-state index contributed by atoms with van der Waals surface area (Å²) >= 11 is 0. The molecule has 0 aromatic heterocycles. The van der Waals surface area contributed by atoms with Crippen LogP contribution in [0, 0.1) is 11.6 Å². The minimum Gasteiger partial charge on any atom is -0.496 e. The largest absolute Gasteiger partial charge is 0.496 e. The Morgan fingerprint density at radius 2 is 1.69 bits per heavy atom. The summed E-state index contributed by atoms with van der Waals surface area (Å²) in [5.41, 5.74) is 0.0164. The van der Waals surface area contributed by atoms with Crippen molar-refractivity contribution >= 4 is 21.6 Å². The number of likely N-dealkylation sites (tertiary alicyclic amines) is 1. The van der Waals surface area contributed by atoms with Crippen LogP contribution in [-0.2, 0) is 10.0 Å². The molecule has 0 atom stereocenters. The molecule has 1 fully saturated rings. The van der Waals surface area contributed by atoms with E-state index in [0.717, 1.165) is 43.9 Å². The second kappa shape index (κ2) is 8.77. The van der Waals surface area contributed by atoms with Crippen molar-refractivity contribution in [3.8, 4) is 5.75 Å². The molecule has 1 aliphatic rings. The summed E-state index contributed by atoms with van der Waals surface area (Å²) in [4.78, 5) is 14.5. The number of hydrogen-bond donors (Lipinski definition) is 1. The van der Waals surface area contributed by atoms with Gasteiger partial charge >= 0.3 is 0 Å². The predicted octanol–water partition coefficient (Wildman–Crippen LogP) is 3.79. The van der Waals surface area contributed by atoms with E-state index in [1.165, 1.54) is 25.3 Å². The predicted molar refractivity (Wildman–Crippen MR) is 105 cm³/mol. The van der Waals surface area contributed by atoms with Gasteiger partial charge in [0, 0.05) is 19.2 Å². The molecule has 1 N–H and O–H groups in total. The summed E-state index contributed by atoms with van der Waals surface area (Å²) in [5.74, 6) is -2.28. The fourth-order valence-electron chi connectivity index (χ4n) is 3.24. The van der Waals surface area contributed by atoms with Crippen molar-refractivity contribution in [1.82, 2.24) is 4.90 Å². The zero-order valence-corrected chi connectivity index (χ0v) is 16.8. The summed E-state index contributed by atoms with van der Waals surface area (Å²) < 4.78 is 59.3. The summed E-state index contributed by atoms with van der Waals surface area (Å²) in [6.07, 6.45) is 3.88. The number of carbonyl (C=O) groups is 1. The lowest BCUT2D eigenvalue weighted by Gasteiger charge is -2.22. The Kier molecular flexibility index (Phi) is 6.36. The SMILES string of the molecule is COc1ccc(S(=O)(=O)Nc2ccc(F)c(F)c2)cc1C(=O)N1CCCCCC1. The summed E-state index contributed by atoms with van der Waals surface area (Å²) in [5, 5.41) is 0. The van der Waals surface area contributed by atoms with E-state index in [-0.39, 0.29) is 27.8 Å². The number of benzene rings is 2. The lowest BCUT2D eigenvalue weighted by molar-refractivity contribution is 0.0758. The first-order valence-corrected chi connectivity index (χ1v) is 10.8. The zero-order chi connectivity index (χ0) is 21.0. The monoisotopic (exact) mass is 424 g/mol. The maximum atomic E-state index is 13.4. The molecule has 0 aliphatic carbocycles. The van der Waals surface area contributed by atoms with E-state index >= 15 is 0 Å². The Morgan fingerprint density at radius 1 is 1.00 bits per heavy atom. The van der Waals surface area contributed by atoms with Gasteiger partial charge in [-0.05, 0) is 43.2 Å². The Labute approximate surface area is 168 Å². The van der Waals surface area contributed by atoms with Crippen molar-refractivity contribution in [2.45, 2.75) is 30.6 Å². The number of sulfonamides is 1. The summed E-state index contributed by atoms with van der Waals surface area (Å²) in [7, 11) is -2.72. The normalized spacial score (nSPS) is 14.9.